The predicted octanol–water partition coefficient (Wildman–Crippen LogP) is 0.423. The molecule has 0 spiro atoms. The summed E-state index contributed by atoms with van der Waals surface area (Å²) in [5.41, 5.74) is 7.50. The van der Waals surface area contributed by atoms with Crippen LogP contribution in [-0.2, 0) is 0 Å². The number of aliphatic hydroxyl groups is 1. The van der Waals surface area contributed by atoms with Crippen LogP contribution in [0.5, 0.6) is 0 Å². The largest absolute Gasteiger partial charge is 0.397 e. The summed E-state index contributed by atoms with van der Waals surface area (Å²) in [4.78, 5) is 11.6. The highest BCUT2D eigenvalue weighted by Gasteiger charge is 2.06. The summed E-state index contributed by atoms with van der Waals surface area (Å²) in [7, 11) is 0. The highest BCUT2D eigenvalue weighted by molar-refractivity contribution is 5.96. The molecule has 0 aliphatic carbocycles. The van der Waals surface area contributed by atoms with Crippen LogP contribution in [-0.4, -0.2) is 30.7 Å². The van der Waals surface area contributed by atoms with E-state index in [1.165, 1.54) is 0 Å². The van der Waals surface area contributed by atoms with Gasteiger partial charge in [0.05, 0.1) is 18.0 Å². The first-order chi connectivity index (χ1) is 7.69. The predicted molar refractivity (Wildman–Crippen MR) is 64.4 cm³/mol. The number of nitrogens with one attached hydrogen (secondary N) is 2. The van der Waals surface area contributed by atoms with Crippen LogP contribution in [0.4, 0.5) is 11.4 Å². The van der Waals surface area contributed by atoms with Gasteiger partial charge in [0.25, 0.3) is 5.91 Å². The first kappa shape index (κ1) is 12.3. The van der Waals surface area contributed by atoms with E-state index in [2.05, 4.69) is 10.6 Å². The normalized spacial score (nSPS) is 9.88. The highest BCUT2D eigenvalue weighted by Crippen LogP contribution is 2.19. The van der Waals surface area contributed by atoms with Gasteiger partial charge in [-0.15, -0.1) is 0 Å². The second-order valence-corrected chi connectivity index (χ2v) is 3.31. The van der Waals surface area contributed by atoms with E-state index in [0.29, 0.717) is 30.0 Å². The van der Waals surface area contributed by atoms with Crippen molar-refractivity contribution in [2.24, 2.45) is 0 Å². The molecular weight excluding hydrogens is 206 g/mol. The first-order valence-corrected chi connectivity index (χ1v) is 5.21. The van der Waals surface area contributed by atoms with Crippen molar-refractivity contribution in [2.75, 3.05) is 30.7 Å². The standard InChI is InChI=1S/C11H17N3O2/c1-2-13-11(16)8-3-4-9(12)10(7-8)14-5-6-15/h3-4,7,14-15H,2,5-6,12H2,1H3,(H,13,16). The fourth-order valence-corrected chi connectivity index (χ4v) is 1.30. The molecule has 1 rings (SSSR count). The van der Waals surface area contributed by atoms with Gasteiger partial charge in [-0.05, 0) is 25.1 Å². The SMILES string of the molecule is CCNC(=O)c1ccc(N)c(NCCO)c1. The molecule has 16 heavy (non-hydrogen) atoms. The van der Waals surface area contributed by atoms with Crippen molar-refractivity contribution in [3.05, 3.63) is 23.8 Å². The van der Waals surface area contributed by atoms with Crippen molar-refractivity contribution in [1.82, 2.24) is 5.32 Å². The molecule has 0 saturated carbocycles. The molecule has 1 amide bonds. The van der Waals surface area contributed by atoms with Crippen molar-refractivity contribution >= 4 is 17.3 Å². The summed E-state index contributed by atoms with van der Waals surface area (Å²) < 4.78 is 0. The Bertz CT molecular complexity index is 366. The van der Waals surface area contributed by atoms with Crippen LogP contribution in [0.15, 0.2) is 18.2 Å². The lowest BCUT2D eigenvalue weighted by Crippen LogP contribution is -2.22. The average Bonchev–Trinajstić information content (AvgIpc) is 2.28. The average molecular weight is 223 g/mol. The van der Waals surface area contributed by atoms with Crippen LogP contribution in [0.1, 0.15) is 17.3 Å². The number of amides is 1. The Morgan fingerprint density at radius 3 is 2.88 bits per heavy atom. The molecule has 5 nitrogen and oxygen atoms in total. The summed E-state index contributed by atoms with van der Waals surface area (Å²) in [5.74, 6) is -0.130. The van der Waals surface area contributed by atoms with E-state index in [1.807, 2.05) is 6.92 Å². The number of carbonyl (C=O) groups is 1. The Morgan fingerprint density at radius 2 is 2.25 bits per heavy atom. The lowest BCUT2D eigenvalue weighted by Gasteiger charge is -2.10. The number of anilines is 2. The molecule has 0 aliphatic heterocycles. The van der Waals surface area contributed by atoms with Crippen LogP contribution in [0.2, 0.25) is 0 Å². The minimum absolute atomic E-state index is 0.0187. The number of hydrogen-bond donors (Lipinski definition) is 4. The Morgan fingerprint density at radius 1 is 1.50 bits per heavy atom. The topological polar surface area (TPSA) is 87.4 Å². The summed E-state index contributed by atoms with van der Waals surface area (Å²) in [6, 6.07) is 5.02. The van der Waals surface area contributed by atoms with Crippen molar-refractivity contribution in [1.29, 1.82) is 0 Å². The second-order valence-electron chi connectivity index (χ2n) is 3.31. The molecule has 0 aliphatic rings. The molecule has 0 saturated heterocycles. The maximum Gasteiger partial charge on any atom is 0.251 e. The molecular formula is C11H17N3O2. The van der Waals surface area contributed by atoms with Crippen LogP contribution >= 0.6 is 0 Å². The van der Waals surface area contributed by atoms with Gasteiger partial charge >= 0.3 is 0 Å². The monoisotopic (exact) mass is 223 g/mol. The Labute approximate surface area is 94.7 Å². The van der Waals surface area contributed by atoms with Crippen LogP contribution in [0.25, 0.3) is 0 Å². The molecule has 5 heteroatoms. The number of rotatable bonds is 5. The van der Waals surface area contributed by atoms with Crippen molar-refractivity contribution in [3.63, 3.8) is 0 Å². The molecule has 5 N–H and O–H groups in total. The van der Waals surface area contributed by atoms with Gasteiger partial charge in [0.1, 0.15) is 0 Å². The summed E-state index contributed by atoms with van der Waals surface area (Å²) in [5, 5.41) is 14.4. The van der Waals surface area contributed by atoms with Gasteiger partial charge in [-0.1, -0.05) is 0 Å². The number of carbonyl (C=O) groups excluding carboxylic acids is 1. The third kappa shape index (κ3) is 3.13. The number of nitrogens with two attached hydrogens (primary N) is 1. The van der Waals surface area contributed by atoms with E-state index in [0.717, 1.165) is 0 Å². The van der Waals surface area contributed by atoms with Crippen LogP contribution < -0.4 is 16.4 Å². The zero-order chi connectivity index (χ0) is 12.0. The van der Waals surface area contributed by atoms with Gasteiger partial charge in [-0.3, -0.25) is 4.79 Å². The van der Waals surface area contributed by atoms with Crippen molar-refractivity contribution < 1.29 is 9.90 Å². The summed E-state index contributed by atoms with van der Waals surface area (Å²) in [6.45, 7) is 2.87. The van der Waals surface area contributed by atoms with E-state index in [-0.39, 0.29) is 12.5 Å². The maximum absolute atomic E-state index is 11.6. The van der Waals surface area contributed by atoms with Crippen LogP contribution in [0.3, 0.4) is 0 Å². The van der Waals surface area contributed by atoms with Gasteiger partial charge in [0, 0.05) is 18.7 Å². The lowest BCUT2D eigenvalue weighted by molar-refractivity contribution is 0.0956. The number of aliphatic hydroxyl groups excluding tert-OH is 1. The van der Waals surface area contributed by atoms with E-state index < -0.39 is 0 Å². The van der Waals surface area contributed by atoms with E-state index in [1.54, 1.807) is 18.2 Å². The lowest BCUT2D eigenvalue weighted by atomic mass is 10.1. The Hall–Kier alpha value is -1.75. The number of benzene rings is 1. The molecule has 0 aromatic heterocycles. The van der Waals surface area contributed by atoms with Crippen LogP contribution in [0, 0.1) is 0 Å². The minimum Gasteiger partial charge on any atom is -0.397 e. The molecule has 1 aromatic rings. The molecule has 0 atom stereocenters. The van der Waals surface area contributed by atoms with Gasteiger partial charge in [0.2, 0.25) is 0 Å². The van der Waals surface area contributed by atoms with Crippen molar-refractivity contribution in [2.45, 2.75) is 6.92 Å². The fraction of sp³-hybridized carbons (Fsp3) is 0.364. The number of hydrogen-bond acceptors (Lipinski definition) is 4. The van der Waals surface area contributed by atoms with E-state index in [4.69, 9.17) is 10.8 Å². The second kappa shape index (κ2) is 5.97. The molecule has 1 aromatic carbocycles. The highest BCUT2D eigenvalue weighted by atomic mass is 16.3. The quantitative estimate of drug-likeness (QED) is 0.545. The van der Waals surface area contributed by atoms with Gasteiger partial charge < -0.3 is 21.5 Å². The van der Waals surface area contributed by atoms with E-state index in [9.17, 15) is 4.79 Å². The van der Waals surface area contributed by atoms with Crippen molar-refractivity contribution in [3.8, 4) is 0 Å². The molecule has 0 heterocycles. The van der Waals surface area contributed by atoms with Gasteiger partial charge in [0.15, 0.2) is 0 Å². The zero-order valence-electron chi connectivity index (χ0n) is 9.29. The molecule has 0 fully saturated rings. The summed E-state index contributed by atoms with van der Waals surface area (Å²) in [6.07, 6.45) is 0. The van der Waals surface area contributed by atoms with E-state index >= 15 is 0 Å². The summed E-state index contributed by atoms with van der Waals surface area (Å²) >= 11 is 0. The fourth-order valence-electron chi connectivity index (χ4n) is 1.30. The third-order valence-corrected chi connectivity index (χ3v) is 2.08. The first-order valence-electron chi connectivity index (χ1n) is 5.21. The third-order valence-electron chi connectivity index (χ3n) is 2.08. The smallest absolute Gasteiger partial charge is 0.251 e. The Kier molecular flexibility index (Phi) is 4.60. The minimum atomic E-state index is -0.130. The number of nitrogen functional groups attached to an aromatic ring is 1. The van der Waals surface area contributed by atoms with Gasteiger partial charge in [-0.2, -0.15) is 0 Å². The molecule has 88 valence electrons. The molecule has 0 bridgehead atoms. The zero-order valence-corrected chi connectivity index (χ0v) is 9.29. The molecule has 0 unspecified atom stereocenters. The van der Waals surface area contributed by atoms with Gasteiger partial charge in [-0.25, -0.2) is 0 Å². The molecule has 0 radical (unpaired) electrons. The maximum atomic E-state index is 11.6. The Balaban J connectivity index is 2.84.